The van der Waals surface area contributed by atoms with Gasteiger partial charge in [-0.2, -0.15) is 0 Å². The molecule has 0 saturated carbocycles. The lowest BCUT2D eigenvalue weighted by atomic mass is 10.0. The molecule has 2 fully saturated rings. The summed E-state index contributed by atoms with van der Waals surface area (Å²) in [4.78, 5) is 25.4. The maximum absolute atomic E-state index is 12.3. The molecule has 2 saturated heterocycles. The van der Waals surface area contributed by atoms with Gasteiger partial charge in [0.1, 0.15) is 11.4 Å². The van der Waals surface area contributed by atoms with Crippen molar-refractivity contribution in [1.29, 1.82) is 0 Å². The van der Waals surface area contributed by atoms with Gasteiger partial charge in [0.05, 0.1) is 17.7 Å². The summed E-state index contributed by atoms with van der Waals surface area (Å²) in [7, 11) is 2.10. The summed E-state index contributed by atoms with van der Waals surface area (Å²) in [6.07, 6.45) is 7.60. The van der Waals surface area contributed by atoms with Crippen molar-refractivity contribution in [3.8, 4) is 11.1 Å². The molecule has 8 heteroatoms. The van der Waals surface area contributed by atoms with Crippen LogP contribution in [0.25, 0.3) is 32.9 Å². The number of amides is 1. The number of hydrogen-bond acceptors (Lipinski definition) is 6. The van der Waals surface area contributed by atoms with Crippen molar-refractivity contribution in [2.24, 2.45) is 7.05 Å². The molecule has 3 aromatic heterocycles. The molecule has 2 aliphatic rings. The number of aryl methyl sites for hydroxylation is 1. The molecule has 38 heavy (non-hydrogen) atoms. The average Bonchev–Trinajstić information content (AvgIpc) is 3.17. The molecule has 6 rings (SSSR count). The summed E-state index contributed by atoms with van der Waals surface area (Å²) in [6.45, 7) is 8.74. The zero-order valence-corrected chi connectivity index (χ0v) is 22.6. The van der Waals surface area contributed by atoms with Crippen LogP contribution in [0.2, 0.25) is 0 Å². The second kappa shape index (κ2) is 9.58. The van der Waals surface area contributed by atoms with E-state index in [9.17, 15) is 4.79 Å². The molecule has 0 bridgehead atoms. The SMILES string of the molecule is Cn1c2ccncc2c2ccc(-c3ccc(N4CC(OC5CCN(C(=O)OC(C)(C)C)CC5)C4)nc3)cc21. The minimum absolute atomic E-state index is 0.191. The van der Waals surface area contributed by atoms with Crippen molar-refractivity contribution >= 4 is 33.7 Å². The lowest BCUT2D eigenvalue weighted by Gasteiger charge is -2.43. The van der Waals surface area contributed by atoms with Crippen molar-refractivity contribution < 1.29 is 14.3 Å². The van der Waals surface area contributed by atoms with Crippen LogP contribution in [-0.4, -0.2) is 69.5 Å². The van der Waals surface area contributed by atoms with E-state index in [-0.39, 0.29) is 18.3 Å². The topological polar surface area (TPSA) is 72.7 Å². The highest BCUT2D eigenvalue weighted by Gasteiger charge is 2.33. The number of carbonyl (C=O) groups is 1. The fourth-order valence-electron chi connectivity index (χ4n) is 5.46. The van der Waals surface area contributed by atoms with Gasteiger partial charge in [0.25, 0.3) is 0 Å². The van der Waals surface area contributed by atoms with Gasteiger partial charge in [-0.1, -0.05) is 12.1 Å². The number of likely N-dealkylation sites (tertiary alicyclic amines) is 1. The number of piperidine rings is 1. The Hall–Kier alpha value is -3.65. The van der Waals surface area contributed by atoms with Gasteiger partial charge in [-0.05, 0) is 63.4 Å². The Balaban J connectivity index is 1.03. The lowest BCUT2D eigenvalue weighted by Crippen LogP contribution is -2.55. The third-order valence-electron chi connectivity index (χ3n) is 7.54. The molecule has 2 aliphatic heterocycles. The number of benzene rings is 1. The number of rotatable bonds is 4. The zero-order chi connectivity index (χ0) is 26.4. The summed E-state index contributed by atoms with van der Waals surface area (Å²) in [6, 6.07) is 12.9. The highest BCUT2D eigenvalue weighted by Crippen LogP contribution is 2.32. The summed E-state index contributed by atoms with van der Waals surface area (Å²) in [5, 5.41) is 2.39. The molecule has 8 nitrogen and oxygen atoms in total. The minimum Gasteiger partial charge on any atom is -0.444 e. The predicted molar refractivity (Wildman–Crippen MR) is 149 cm³/mol. The number of carbonyl (C=O) groups excluding carboxylic acids is 1. The molecule has 0 unspecified atom stereocenters. The van der Waals surface area contributed by atoms with E-state index in [1.54, 1.807) is 4.90 Å². The maximum atomic E-state index is 12.3. The van der Waals surface area contributed by atoms with E-state index in [1.807, 2.05) is 39.4 Å². The first-order chi connectivity index (χ1) is 18.2. The molecule has 4 aromatic rings. The van der Waals surface area contributed by atoms with Gasteiger partial charge in [0.15, 0.2) is 0 Å². The Labute approximate surface area is 223 Å². The smallest absolute Gasteiger partial charge is 0.410 e. The maximum Gasteiger partial charge on any atom is 0.410 e. The van der Waals surface area contributed by atoms with E-state index in [2.05, 4.69) is 57.9 Å². The predicted octanol–water partition coefficient (Wildman–Crippen LogP) is 5.39. The van der Waals surface area contributed by atoms with E-state index in [4.69, 9.17) is 14.5 Å². The van der Waals surface area contributed by atoms with E-state index in [0.29, 0.717) is 13.1 Å². The van der Waals surface area contributed by atoms with Crippen LogP contribution < -0.4 is 4.90 Å². The fraction of sp³-hybridized carbons (Fsp3) is 0.433. The molecule has 0 N–H and O–H groups in total. The van der Waals surface area contributed by atoms with Gasteiger partial charge in [0, 0.05) is 73.7 Å². The quantitative estimate of drug-likeness (QED) is 0.364. The summed E-state index contributed by atoms with van der Waals surface area (Å²) >= 11 is 0. The van der Waals surface area contributed by atoms with Crippen LogP contribution in [0.1, 0.15) is 33.6 Å². The summed E-state index contributed by atoms with van der Waals surface area (Å²) in [5.74, 6) is 0.977. The molecular formula is C30H35N5O3. The van der Waals surface area contributed by atoms with Crippen LogP contribution in [0.15, 0.2) is 55.0 Å². The third kappa shape index (κ3) is 4.80. The number of fused-ring (bicyclic) bond motifs is 3. The van der Waals surface area contributed by atoms with Crippen molar-refractivity contribution in [3.63, 3.8) is 0 Å². The Kier molecular flexibility index (Phi) is 6.22. The van der Waals surface area contributed by atoms with Crippen molar-refractivity contribution in [3.05, 3.63) is 55.0 Å². The number of pyridine rings is 2. The summed E-state index contributed by atoms with van der Waals surface area (Å²) < 4.78 is 14.0. The van der Waals surface area contributed by atoms with Crippen LogP contribution in [0.3, 0.4) is 0 Å². The van der Waals surface area contributed by atoms with Crippen LogP contribution in [0.4, 0.5) is 10.6 Å². The number of ether oxygens (including phenoxy) is 2. The van der Waals surface area contributed by atoms with Gasteiger partial charge in [-0.25, -0.2) is 9.78 Å². The van der Waals surface area contributed by atoms with Crippen molar-refractivity contribution in [2.75, 3.05) is 31.1 Å². The Morgan fingerprint density at radius 1 is 0.921 bits per heavy atom. The van der Waals surface area contributed by atoms with Gasteiger partial charge in [-0.3, -0.25) is 4.98 Å². The Bertz CT molecular complexity index is 1460. The molecule has 0 aliphatic carbocycles. The highest BCUT2D eigenvalue weighted by atomic mass is 16.6. The van der Waals surface area contributed by atoms with E-state index >= 15 is 0 Å². The standard InChI is InChI=1S/C30H35N5O3/c1-30(2,3)38-29(36)34-13-10-22(11-14-34)37-23-18-35(19-23)28-8-6-21(16-32-28)20-5-7-24-25-17-31-12-9-26(25)33(4)27(24)15-20/h5-9,12,15-17,22-23H,10-11,13-14,18-19H2,1-4H3. The summed E-state index contributed by atoms with van der Waals surface area (Å²) in [5.41, 5.74) is 4.16. The second-order valence-electron chi connectivity index (χ2n) is 11.4. The van der Waals surface area contributed by atoms with Gasteiger partial charge < -0.3 is 23.8 Å². The van der Waals surface area contributed by atoms with Crippen molar-refractivity contribution in [1.82, 2.24) is 19.4 Å². The number of hydrogen-bond donors (Lipinski definition) is 0. The third-order valence-corrected chi connectivity index (χ3v) is 7.54. The molecule has 5 heterocycles. The van der Waals surface area contributed by atoms with Gasteiger partial charge >= 0.3 is 6.09 Å². The second-order valence-corrected chi connectivity index (χ2v) is 11.4. The van der Waals surface area contributed by atoms with Crippen LogP contribution in [0.5, 0.6) is 0 Å². The Morgan fingerprint density at radius 2 is 1.68 bits per heavy atom. The fourth-order valence-corrected chi connectivity index (χ4v) is 5.46. The highest BCUT2D eigenvalue weighted by molar-refractivity contribution is 6.08. The molecule has 198 valence electrons. The van der Waals surface area contributed by atoms with Crippen LogP contribution in [0, 0.1) is 0 Å². The van der Waals surface area contributed by atoms with E-state index in [1.165, 1.54) is 21.8 Å². The average molecular weight is 514 g/mol. The number of aromatic nitrogens is 3. The molecule has 1 amide bonds. The Morgan fingerprint density at radius 3 is 2.39 bits per heavy atom. The lowest BCUT2D eigenvalue weighted by molar-refractivity contribution is -0.0553. The zero-order valence-electron chi connectivity index (χ0n) is 22.6. The number of anilines is 1. The first kappa shape index (κ1) is 24.7. The monoisotopic (exact) mass is 513 g/mol. The van der Waals surface area contributed by atoms with E-state index < -0.39 is 5.60 Å². The molecular weight excluding hydrogens is 478 g/mol. The molecule has 1 aromatic carbocycles. The van der Waals surface area contributed by atoms with Crippen molar-refractivity contribution in [2.45, 2.75) is 51.4 Å². The molecule has 0 spiro atoms. The van der Waals surface area contributed by atoms with Gasteiger partial charge in [-0.15, -0.1) is 0 Å². The largest absolute Gasteiger partial charge is 0.444 e. The molecule has 0 atom stereocenters. The first-order valence-corrected chi connectivity index (χ1v) is 13.4. The molecule has 0 radical (unpaired) electrons. The normalized spacial score (nSPS) is 17.3. The number of nitrogens with zero attached hydrogens (tertiary/aromatic N) is 5. The minimum atomic E-state index is -0.464. The van der Waals surface area contributed by atoms with Crippen LogP contribution in [-0.2, 0) is 16.5 Å². The van der Waals surface area contributed by atoms with Gasteiger partial charge in [0.2, 0.25) is 0 Å². The first-order valence-electron chi connectivity index (χ1n) is 13.4. The van der Waals surface area contributed by atoms with Crippen LogP contribution >= 0.6 is 0 Å². The van der Waals surface area contributed by atoms with E-state index in [0.717, 1.165) is 42.9 Å².